The number of halogens is 3. The molecule has 0 radical (unpaired) electrons. The minimum absolute atomic E-state index is 0.281. The molecule has 1 saturated carbocycles. The van der Waals surface area contributed by atoms with E-state index in [4.69, 9.17) is 0 Å². The van der Waals surface area contributed by atoms with Crippen molar-refractivity contribution in [1.29, 1.82) is 0 Å². The summed E-state index contributed by atoms with van der Waals surface area (Å²) < 4.78 is 39.0. The Morgan fingerprint density at radius 3 is 2.40 bits per heavy atom. The van der Waals surface area contributed by atoms with E-state index in [2.05, 4.69) is 12.2 Å². The standard InChI is InChI=1S/C16H22F3N/c1-3-15(9-6-10-15)11-20-12(2)13-7-4-5-8-14(13)16(17,18)19/h4-5,7-8,12,20H,3,6,9-11H2,1-2H3. The third-order valence-corrected chi connectivity index (χ3v) is 4.68. The van der Waals surface area contributed by atoms with E-state index in [1.54, 1.807) is 12.1 Å². The molecule has 1 aromatic rings. The predicted molar refractivity (Wildman–Crippen MR) is 74.4 cm³/mol. The summed E-state index contributed by atoms with van der Waals surface area (Å²) >= 11 is 0. The van der Waals surface area contributed by atoms with Crippen molar-refractivity contribution in [3.63, 3.8) is 0 Å². The van der Waals surface area contributed by atoms with Crippen LogP contribution in [0.5, 0.6) is 0 Å². The summed E-state index contributed by atoms with van der Waals surface area (Å²) in [7, 11) is 0. The molecule has 0 aliphatic heterocycles. The van der Waals surface area contributed by atoms with Gasteiger partial charge in [-0.2, -0.15) is 13.2 Å². The number of benzene rings is 1. The Hall–Kier alpha value is -1.03. The van der Waals surface area contributed by atoms with E-state index in [0.29, 0.717) is 11.0 Å². The van der Waals surface area contributed by atoms with Crippen molar-refractivity contribution in [1.82, 2.24) is 5.32 Å². The molecule has 0 saturated heterocycles. The van der Waals surface area contributed by atoms with E-state index in [1.165, 1.54) is 25.3 Å². The van der Waals surface area contributed by atoms with Crippen LogP contribution >= 0.6 is 0 Å². The van der Waals surface area contributed by atoms with Crippen molar-refractivity contribution in [2.45, 2.75) is 51.7 Å². The molecule has 1 nitrogen and oxygen atoms in total. The lowest BCUT2D eigenvalue weighted by molar-refractivity contribution is -0.138. The molecule has 0 spiro atoms. The number of hydrogen-bond acceptors (Lipinski definition) is 1. The van der Waals surface area contributed by atoms with Gasteiger partial charge >= 0.3 is 6.18 Å². The van der Waals surface area contributed by atoms with Crippen molar-refractivity contribution in [3.05, 3.63) is 35.4 Å². The third-order valence-electron chi connectivity index (χ3n) is 4.68. The maximum Gasteiger partial charge on any atom is 0.416 e. The van der Waals surface area contributed by atoms with Crippen LogP contribution in [0.3, 0.4) is 0 Å². The lowest BCUT2D eigenvalue weighted by Crippen LogP contribution is -2.40. The summed E-state index contributed by atoms with van der Waals surface area (Å²) in [5.41, 5.74) is 0.117. The normalized spacial score (nSPS) is 19.4. The van der Waals surface area contributed by atoms with E-state index >= 15 is 0 Å². The number of hydrogen-bond donors (Lipinski definition) is 1. The Morgan fingerprint density at radius 1 is 1.25 bits per heavy atom. The van der Waals surface area contributed by atoms with Gasteiger partial charge in [0.1, 0.15) is 0 Å². The van der Waals surface area contributed by atoms with Crippen LogP contribution in [0, 0.1) is 5.41 Å². The molecule has 4 heteroatoms. The largest absolute Gasteiger partial charge is 0.416 e. The molecule has 1 unspecified atom stereocenters. The highest BCUT2D eigenvalue weighted by Gasteiger charge is 2.37. The van der Waals surface area contributed by atoms with E-state index in [-0.39, 0.29) is 6.04 Å². The molecule has 0 bridgehead atoms. The average Bonchev–Trinajstić information content (AvgIpc) is 2.37. The fourth-order valence-corrected chi connectivity index (χ4v) is 2.94. The Kier molecular flexibility index (Phi) is 4.43. The van der Waals surface area contributed by atoms with E-state index < -0.39 is 11.7 Å². The SMILES string of the molecule is CCC1(CNC(C)c2ccccc2C(F)(F)F)CCC1. The van der Waals surface area contributed by atoms with Gasteiger partial charge in [-0.1, -0.05) is 31.5 Å². The van der Waals surface area contributed by atoms with Gasteiger partial charge in [0.15, 0.2) is 0 Å². The summed E-state index contributed by atoms with van der Waals surface area (Å²) in [4.78, 5) is 0. The minimum atomic E-state index is -4.29. The first-order chi connectivity index (χ1) is 9.38. The van der Waals surface area contributed by atoms with Gasteiger partial charge in [-0.05, 0) is 43.2 Å². The summed E-state index contributed by atoms with van der Waals surface area (Å²) in [5.74, 6) is 0. The summed E-state index contributed by atoms with van der Waals surface area (Å²) in [6, 6.07) is 5.56. The quantitative estimate of drug-likeness (QED) is 0.808. The average molecular weight is 285 g/mol. The van der Waals surface area contributed by atoms with Crippen LogP contribution in [0.1, 0.15) is 56.7 Å². The highest BCUT2D eigenvalue weighted by atomic mass is 19.4. The molecule has 1 atom stereocenters. The molecule has 20 heavy (non-hydrogen) atoms. The van der Waals surface area contributed by atoms with Gasteiger partial charge < -0.3 is 5.32 Å². The maximum atomic E-state index is 13.0. The Morgan fingerprint density at radius 2 is 1.90 bits per heavy atom. The molecule has 1 aliphatic rings. The highest BCUT2D eigenvalue weighted by Crippen LogP contribution is 2.43. The van der Waals surface area contributed by atoms with E-state index in [1.807, 2.05) is 6.92 Å². The third kappa shape index (κ3) is 3.17. The first-order valence-electron chi connectivity index (χ1n) is 7.27. The van der Waals surface area contributed by atoms with Crippen molar-refractivity contribution in [2.24, 2.45) is 5.41 Å². The van der Waals surface area contributed by atoms with Crippen LogP contribution in [-0.2, 0) is 6.18 Å². The molecule has 1 N–H and O–H groups in total. The van der Waals surface area contributed by atoms with Crippen LogP contribution in [0.15, 0.2) is 24.3 Å². The molecule has 0 aromatic heterocycles. The molecule has 1 fully saturated rings. The Balaban J connectivity index is 2.08. The summed E-state index contributed by atoms with van der Waals surface area (Å²) in [6.07, 6.45) is 0.413. The van der Waals surface area contributed by atoms with Crippen LogP contribution < -0.4 is 5.32 Å². The number of nitrogens with one attached hydrogen (secondary N) is 1. The molecule has 112 valence electrons. The lowest BCUT2D eigenvalue weighted by Gasteiger charge is -2.42. The summed E-state index contributed by atoms with van der Waals surface area (Å²) in [5, 5.41) is 3.31. The second-order valence-electron chi connectivity index (χ2n) is 5.89. The van der Waals surface area contributed by atoms with Gasteiger partial charge in [-0.15, -0.1) is 0 Å². The van der Waals surface area contributed by atoms with Crippen molar-refractivity contribution in [2.75, 3.05) is 6.54 Å². The Labute approximate surface area is 118 Å². The predicted octanol–water partition coefficient (Wildman–Crippen LogP) is 4.94. The van der Waals surface area contributed by atoms with Gasteiger partial charge in [-0.25, -0.2) is 0 Å². The zero-order valence-corrected chi connectivity index (χ0v) is 12.1. The van der Waals surface area contributed by atoms with Crippen molar-refractivity contribution in [3.8, 4) is 0 Å². The first kappa shape index (κ1) is 15.4. The zero-order valence-electron chi connectivity index (χ0n) is 12.1. The van der Waals surface area contributed by atoms with Crippen molar-refractivity contribution >= 4 is 0 Å². The van der Waals surface area contributed by atoms with Crippen molar-refractivity contribution < 1.29 is 13.2 Å². The van der Waals surface area contributed by atoms with Gasteiger partial charge in [0.2, 0.25) is 0 Å². The first-order valence-corrected chi connectivity index (χ1v) is 7.27. The Bertz CT molecular complexity index is 444. The fourth-order valence-electron chi connectivity index (χ4n) is 2.94. The lowest BCUT2D eigenvalue weighted by atomic mass is 9.67. The van der Waals surface area contributed by atoms with Crippen LogP contribution in [-0.4, -0.2) is 6.54 Å². The molecule has 1 aromatic carbocycles. The smallest absolute Gasteiger partial charge is 0.310 e. The second kappa shape index (κ2) is 5.76. The monoisotopic (exact) mass is 285 g/mol. The fraction of sp³-hybridized carbons (Fsp3) is 0.625. The molecular formula is C16H22F3N. The van der Waals surface area contributed by atoms with Gasteiger partial charge in [0, 0.05) is 12.6 Å². The highest BCUT2D eigenvalue weighted by molar-refractivity contribution is 5.32. The second-order valence-corrected chi connectivity index (χ2v) is 5.89. The maximum absolute atomic E-state index is 13.0. The topological polar surface area (TPSA) is 12.0 Å². The molecular weight excluding hydrogens is 263 g/mol. The van der Waals surface area contributed by atoms with Gasteiger partial charge in [-0.3, -0.25) is 0 Å². The molecule has 0 heterocycles. The molecule has 0 amide bonds. The van der Waals surface area contributed by atoms with Gasteiger partial charge in [0.25, 0.3) is 0 Å². The van der Waals surface area contributed by atoms with E-state index in [0.717, 1.165) is 19.0 Å². The minimum Gasteiger partial charge on any atom is -0.310 e. The molecule has 2 rings (SSSR count). The van der Waals surface area contributed by atoms with E-state index in [9.17, 15) is 13.2 Å². The zero-order chi connectivity index (χ0) is 14.8. The van der Waals surface area contributed by atoms with Crippen LogP contribution in [0.25, 0.3) is 0 Å². The van der Waals surface area contributed by atoms with Crippen LogP contribution in [0.4, 0.5) is 13.2 Å². The number of rotatable bonds is 5. The van der Waals surface area contributed by atoms with Gasteiger partial charge in [0.05, 0.1) is 5.56 Å². The molecule has 1 aliphatic carbocycles. The van der Waals surface area contributed by atoms with Crippen LogP contribution in [0.2, 0.25) is 0 Å². The summed E-state index contributed by atoms with van der Waals surface area (Å²) in [6.45, 7) is 4.78. The number of alkyl halides is 3.